The number of rotatable bonds is 3. The van der Waals surface area contributed by atoms with Crippen molar-refractivity contribution >= 4 is 17.7 Å². The second-order valence-electron chi connectivity index (χ2n) is 10.3. The predicted octanol–water partition coefficient (Wildman–Crippen LogP) is 4.56. The van der Waals surface area contributed by atoms with Gasteiger partial charge in [0.05, 0.1) is 23.5 Å². The molecule has 0 spiro atoms. The zero-order valence-corrected chi connectivity index (χ0v) is 21.3. The number of benzene rings is 1. The molecule has 6 rings (SSSR count). The van der Waals surface area contributed by atoms with E-state index in [4.69, 9.17) is 10.5 Å². The van der Waals surface area contributed by atoms with E-state index in [1.54, 1.807) is 35.5 Å². The van der Waals surface area contributed by atoms with Gasteiger partial charge in [-0.2, -0.15) is 0 Å². The van der Waals surface area contributed by atoms with Crippen LogP contribution in [0.2, 0.25) is 0 Å². The number of amides is 2. The number of ether oxygens (including phenoxy) is 1. The molecule has 10 heteroatoms. The molecule has 0 radical (unpaired) electrons. The maximum atomic E-state index is 14.7. The summed E-state index contributed by atoms with van der Waals surface area (Å²) < 4.78 is 34.7. The highest BCUT2D eigenvalue weighted by molar-refractivity contribution is 6.01. The first-order valence-electron chi connectivity index (χ1n) is 13.3. The highest BCUT2D eigenvalue weighted by atomic mass is 19.2. The zero-order chi connectivity index (χ0) is 27.1. The fourth-order valence-corrected chi connectivity index (χ4v) is 6.17. The minimum Gasteiger partial charge on any atom is -0.440 e. The van der Waals surface area contributed by atoms with Crippen LogP contribution in [-0.2, 0) is 16.0 Å². The molecule has 2 amide bonds. The lowest BCUT2D eigenvalue weighted by Crippen LogP contribution is -2.48. The quantitative estimate of drug-likeness (QED) is 0.495. The van der Waals surface area contributed by atoms with Gasteiger partial charge in [0, 0.05) is 43.5 Å². The summed E-state index contributed by atoms with van der Waals surface area (Å²) in [4.78, 5) is 38.2. The molecule has 1 aliphatic carbocycles. The Kier molecular flexibility index (Phi) is 6.72. The molecule has 0 saturated carbocycles. The summed E-state index contributed by atoms with van der Waals surface area (Å²) in [5, 5.41) is 0. The number of hydrogen-bond acceptors (Lipinski definition) is 6. The van der Waals surface area contributed by atoms with Crippen LogP contribution in [0.4, 0.5) is 19.3 Å². The number of nitrogens with zero attached hydrogens (tertiary/aromatic N) is 4. The summed E-state index contributed by atoms with van der Waals surface area (Å²) in [6.07, 6.45) is 4.48. The van der Waals surface area contributed by atoms with Crippen LogP contribution in [0, 0.1) is 11.6 Å². The number of nitrogens with two attached hydrogens (primary N) is 1. The summed E-state index contributed by atoms with van der Waals surface area (Å²) in [6.45, 7) is 0.891. The fourth-order valence-electron chi connectivity index (χ4n) is 6.17. The minimum absolute atomic E-state index is 0.00723. The first-order chi connectivity index (χ1) is 18.9. The van der Waals surface area contributed by atoms with Crippen LogP contribution in [0.1, 0.15) is 66.3 Å². The van der Waals surface area contributed by atoms with Crippen molar-refractivity contribution in [2.45, 2.75) is 56.2 Å². The van der Waals surface area contributed by atoms with Gasteiger partial charge in [-0.1, -0.05) is 18.2 Å². The van der Waals surface area contributed by atoms with Crippen molar-refractivity contribution < 1.29 is 23.1 Å². The molecule has 2 aromatic heterocycles. The number of carbonyl (C=O) groups is 2. The van der Waals surface area contributed by atoms with E-state index in [0.717, 1.165) is 17.4 Å². The van der Waals surface area contributed by atoms with Crippen LogP contribution in [0.5, 0.6) is 0 Å². The van der Waals surface area contributed by atoms with Gasteiger partial charge in [-0.15, -0.1) is 0 Å². The van der Waals surface area contributed by atoms with Crippen molar-refractivity contribution in [3.63, 3.8) is 0 Å². The lowest BCUT2D eigenvalue weighted by Gasteiger charge is -2.36. The third-order valence-corrected chi connectivity index (χ3v) is 8.13. The molecule has 8 nitrogen and oxygen atoms in total. The molecule has 1 saturated heterocycles. The third-order valence-electron chi connectivity index (χ3n) is 8.13. The summed E-state index contributed by atoms with van der Waals surface area (Å²) in [5.41, 5.74) is 9.63. The average molecular weight is 534 g/mol. The summed E-state index contributed by atoms with van der Waals surface area (Å²) >= 11 is 0. The number of pyridine rings is 2. The molecule has 2 aliphatic heterocycles. The second kappa shape index (κ2) is 10.3. The topological polar surface area (TPSA) is 102 Å². The molecular weight excluding hydrogens is 504 g/mol. The lowest BCUT2D eigenvalue weighted by atomic mass is 9.86. The Bertz CT molecular complexity index is 1410. The third kappa shape index (κ3) is 4.63. The van der Waals surface area contributed by atoms with E-state index in [-0.39, 0.29) is 17.5 Å². The molecular formula is C29H29F2N5O3. The number of fused-ring (bicyclic) bond motifs is 2. The van der Waals surface area contributed by atoms with E-state index < -0.39 is 35.8 Å². The minimum atomic E-state index is -0.919. The molecule has 4 heterocycles. The Morgan fingerprint density at radius 2 is 1.69 bits per heavy atom. The fraction of sp³-hybridized carbons (Fsp3) is 0.379. The van der Waals surface area contributed by atoms with E-state index in [1.165, 1.54) is 6.07 Å². The highest BCUT2D eigenvalue weighted by Crippen LogP contribution is 2.43. The molecule has 1 aromatic carbocycles. The molecule has 2 N–H and O–H groups in total. The molecule has 0 unspecified atom stereocenters. The molecule has 39 heavy (non-hydrogen) atoms. The highest BCUT2D eigenvalue weighted by Gasteiger charge is 2.38. The number of likely N-dealkylation sites (tertiary alicyclic amines) is 1. The summed E-state index contributed by atoms with van der Waals surface area (Å²) in [6, 6.07) is 10.7. The number of halogens is 2. The molecule has 1 fully saturated rings. The van der Waals surface area contributed by atoms with Gasteiger partial charge < -0.3 is 20.3 Å². The van der Waals surface area contributed by atoms with Crippen molar-refractivity contribution in [3.8, 4) is 0 Å². The molecule has 3 aliphatic rings. The van der Waals surface area contributed by atoms with Gasteiger partial charge in [-0.25, -0.2) is 13.6 Å². The van der Waals surface area contributed by atoms with Gasteiger partial charge in [-0.3, -0.25) is 14.8 Å². The number of hydrogen-bond donors (Lipinski definition) is 1. The normalized spacial score (nSPS) is 23.3. The zero-order valence-electron chi connectivity index (χ0n) is 21.3. The van der Waals surface area contributed by atoms with Crippen molar-refractivity contribution in [2.75, 3.05) is 18.0 Å². The molecule has 3 atom stereocenters. The number of aromatic nitrogens is 2. The Morgan fingerprint density at radius 3 is 2.51 bits per heavy atom. The van der Waals surface area contributed by atoms with Crippen molar-refractivity contribution in [1.29, 1.82) is 0 Å². The predicted molar refractivity (Wildman–Crippen MR) is 139 cm³/mol. The van der Waals surface area contributed by atoms with Crippen LogP contribution in [0.15, 0.2) is 54.9 Å². The second-order valence-corrected chi connectivity index (χ2v) is 10.3. The summed E-state index contributed by atoms with van der Waals surface area (Å²) in [7, 11) is 0. The largest absolute Gasteiger partial charge is 0.440 e. The van der Waals surface area contributed by atoms with Gasteiger partial charge in [0.25, 0.3) is 0 Å². The standard InChI is InChI=1S/C29H29F2N5O3/c30-21-6-1-4-18(26(21)31)19-8-9-24(28-20(27(19)32)5-2-13-34-28)39-29(38)35-14-10-17(11-15-35)36-23-7-3-12-33-22(23)16-25(36)37/h1-7,12-13,17,19,24,27H,8-11,14-16,32H2/t19-,24+,27-/m0/s1. The smallest absolute Gasteiger partial charge is 0.410 e. The van der Waals surface area contributed by atoms with Gasteiger partial charge in [0.2, 0.25) is 5.91 Å². The van der Waals surface area contributed by atoms with E-state index >= 15 is 0 Å². The molecule has 202 valence electrons. The van der Waals surface area contributed by atoms with E-state index in [0.29, 0.717) is 56.5 Å². The Labute approximate surface area is 224 Å². The number of anilines is 1. The first kappa shape index (κ1) is 25.4. The summed E-state index contributed by atoms with van der Waals surface area (Å²) in [5.74, 6) is -2.29. The van der Waals surface area contributed by atoms with E-state index in [9.17, 15) is 18.4 Å². The maximum absolute atomic E-state index is 14.7. The Morgan fingerprint density at radius 1 is 0.949 bits per heavy atom. The van der Waals surface area contributed by atoms with Gasteiger partial charge >= 0.3 is 6.09 Å². The van der Waals surface area contributed by atoms with Crippen LogP contribution >= 0.6 is 0 Å². The molecule has 0 bridgehead atoms. The van der Waals surface area contributed by atoms with Crippen molar-refractivity contribution in [1.82, 2.24) is 14.9 Å². The van der Waals surface area contributed by atoms with E-state index in [2.05, 4.69) is 9.97 Å². The van der Waals surface area contributed by atoms with Crippen LogP contribution in [-0.4, -0.2) is 46.0 Å². The van der Waals surface area contributed by atoms with Gasteiger partial charge in [-0.05, 0) is 61.1 Å². The van der Waals surface area contributed by atoms with Gasteiger partial charge in [0.15, 0.2) is 11.6 Å². The lowest BCUT2D eigenvalue weighted by molar-refractivity contribution is -0.118. The van der Waals surface area contributed by atoms with Gasteiger partial charge in [0.1, 0.15) is 6.10 Å². The van der Waals surface area contributed by atoms with Crippen LogP contribution in [0.25, 0.3) is 0 Å². The maximum Gasteiger partial charge on any atom is 0.410 e. The number of piperidine rings is 1. The Hall–Kier alpha value is -3.92. The molecule has 3 aromatic rings. The monoisotopic (exact) mass is 533 g/mol. The average Bonchev–Trinajstić information content (AvgIpc) is 3.23. The first-order valence-corrected chi connectivity index (χ1v) is 13.3. The van der Waals surface area contributed by atoms with Crippen molar-refractivity contribution in [2.24, 2.45) is 5.73 Å². The SMILES string of the molecule is N[C@@H]1c2cccnc2[C@H](OC(=O)N2CCC(N3C(=O)Cc4ncccc43)CC2)CC[C@H]1c1cccc(F)c1F. The van der Waals surface area contributed by atoms with Crippen molar-refractivity contribution in [3.05, 3.63) is 89.0 Å². The number of carbonyl (C=O) groups excluding carboxylic acids is 2. The Balaban J connectivity index is 1.15. The van der Waals surface area contributed by atoms with E-state index in [1.807, 2.05) is 17.0 Å². The van der Waals surface area contributed by atoms with Crippen LogP contribution < -0.4 is 10.6 Å². The van der Waals surface area contributed by atoms with Crippen LogP contribution in [0.3, 0.4) is 0 Å².